The lowest BCUT2D eigenvalue weighted by Crippen LogP contribution is -2.50. The van der Waals surface area contributed by atoms with Gasteiger partial charge < -0.3 is 23.8 Å². The number of carboxylic acids is 1. The number of rotatable bonds is 53. The number of esters is 2. The van der Waals surface area contributed by atoms with Crippen molar-refractivity contribution in [3.8, 4) is 0 Å². The molecule has 0 fully saturated rings. The van der Waals surface area contributed by atoms with Crippen LogP contribution < -0.4 is 0 Å². The monoisotopic (exact) mass is 971 g/mol. The molecule has 0 saturated heterocycles. The Morgan fingerprint density at radius 3 is 1.20 bits per heavy atom. The van der Waals surface area contributed by atoms with E-state index in [4.69, 9.17) is 14.2 Å². The number of unbranched alkanes of at least 4 members (excludes halogenated alkanes) is 31. The molecule has 0 aliphatic heterocycles. The Balaban J connectivity index is 4.14. The first kappa shape index (κ1) is 66.3. The van der Waals surface area contributed by atoms with Gasteiger partial charge in [-0.15, -0.1) is 0 Å². The summed E-state index contributed by atoms with van der Waals surface area (Å²) in [7, 11) is 5.55. The van der Waals surface area contributed by atoms with Crippen LogP contribution in [0.2, 0.25) is 0 Å². The third-order valence-corrected chi connectivity index (χ3v) is 13.2. The molecule has 0 aromatic carbocycles. The average molecular weight is 972 g/mol. The fraction of sp³-hybridized carbons (Fsp3) is 0.820. The van der Waals surface area contributed by atoms with Crippen LogP contribution >= 0.6 is 0 Å². The van der Waals surface area contributed by atoms with Gasteiger partial charge in [0.1, 0.15) is 6.61 Å². The van der Waals surface area contributed by atoms with E-state index >= 15 is 0 Å². The van der Waals surface area contributed by atoms with Crippen molar-refractivity contribution in [1.29, 1.82) is 0 Å². The Bertz CT molecular complexity index is 1270. The van der Waals surface area contributed by atoms with Gasteiger partial charge in [0, 0.05) is 19.3 Å². The van der Waals surface area contributed by atoms with Crippen LogP contribution in [0.15, 0.2) is 48.6 Å². The molecule has 0 aliphatic rings. The van der Waals surface area contributed by atoms with Crippen molar-refractivity contribution in [2.75, 3.05) is 41.0 Å². The molecule has 0 amide bonds. The highest BCUT2D eigenvalue weighted by atomic mass is 16.6. The summed E-state index contributed by atoms with van der Waals surface area (Å²) in [4.78, 5) is 37.3. The lowest BCUT2D eigenvalue weighted by atomic mass is 10.0. The van der Waals surface area contributed by atoms with Crippen LogP contribution in [-0.4, -0.2) is 80.6 Å². The molecule has 402 valence electrons. The number of carboxylic acid groups (broad SMARTS) is 1. The van der Waals surface area contributed by atoms with Gasteiger partial charge in [-0.2, -0.15) is 0 Å². The molecule has 0 radical (unpaired) electrons. The predicted molar refractivity (Wildman–Crippen MR) is 294 cm³/mol. The fourth-order valence-corrected chi connectivity index (χ4v) is 8.79. The Kier molecular flexibility index (Phi) is 49.6. The van der Waals surface area contributed by atoms with Gasteiger partial charge in [-0.25, -0.2) is 4.79 Å². The molecule has 0 aromatic heterocycles. The van der Waals surface area contributed by atoms with Crippen LogP contribution in [0.4, 0.5) is 0 Å². The molecule has 8 nitrogen and oxygen atoms in total. The van der Waals surface area contributed by atoms with E-state index in [2.05, 4.69) is 62.5 Å². The van der Waals surface area contributed by atoms with Crippen LogP contribution in [0.5, 0.6) is 0 Å². The second-order valence-corrected chi connectivity index (χ2v) is 20.9. The third kappa shape index (κ3) is 50.0. The zero-order valence-corrected chi connectivity index (χ0v) is 46.0. The van der Waals surface area contributed by atoms with Gasteiger partial charge in [0.15, 0.2) is 12.1 Å². The summed E-state index contributed by atoms with van der Waals surface area (Å²) < 4.78 is 17.4. The van der Waals surface area contributed by atoms with Gasteiger partial charge in [-0.3, -0.25) is 9.59 Å². The van der Waals surface area contributed by atoms with Gasteiger partial charge >= 0.3 is 17.9 Å². The molecule has 0 bridgehead atoms. The van der Waals surface area contributed by atoms with Crippen molar-refractivity contribution < 1.29 is 38.2 Å². The molecule has 0 saturated carbocycles. The summed E-state index contributed by atoms with van der Waals surface area (Å²) in [5.74, 6) is -1.45. The molecule has 69 heavy (non-hydrogen) atoms. The number of nitrogens with zero attached hydrogens (tertiary/aromatic N) is 1. The number of quaternary nitrogens is 1. The van der Waals surface area contributed by atoms with Gasteiger partial charge in [0.05, 0.1) is 34.4 Å². The smallest absolute Gasteiger partial charge is 0.362 e. The number of carbonyl (C=O) groups is 3. The first-order valence-corrected chi connectivity index (χ1v) is 29.2. The summed E-state index contributed by atoms with van der Waals surface area (Å²) in [6.45, 7) is 4.67. The maximum atomic E-state index is 12.8. The SMILES string of the molecule is CC/C=C/C/C=C/C/C=C/C/C=C/CCCCCCCCCCCCC(=O)OC(COCCC(C(=O)O)[N+](C)(C)C)COC(=O)CCCCCCCCCCCCCCCCCCCCCCCC. The maximum Gasteiger partial charge on any atom is 0.362 e. The van der Waals surface area contributed by atoms with Crippen molar-refractivity contribution in [2.24, 2.45) is 0 Å². The molecule has 2 atom stereocenters. The Morgan fingerprint density at radius 2 is 0.812 bits per heavy atom. The Labute approximate surface area is 426 Å². The number of carbonyl (C=O) groups excluding carboxylic acids is 2. The van der Waals surface area contributed by atoms with Gasteiger partial charge in [0.25, 0.3) is 0 Å². The van der Waals surface area contributed by atoms with Gasteiger partial charge in [-0.05, 0) is 51.4 Å². The number of likely N-dealkylation sites (N-methyl/N-ethyl adjacent to an activating group) is 1. The van der Waals surface area contributed by atoms with E-state index in [1.807, 2.05) is 21.1 Å². The highest BCUT2D eigenvalue weighted by Gasteiger charge is 2.31. The van der Waals surface area contributed by atoms with Crippen molar-refractivity contribution in [2.45, 2.75) is 283 Å². The fourth-order valence-electron chi connectivity index (χ4n) is 8.79. The number of hydrogen-bond acceptors (Lipinski definition) is 6. The zero-order chi connectivity index (χ0) is 50.6. The molecular weight excluding hydrogens is 859 g/mol. The summed E-state index contributed by atoms with van der Waals surface area (Å²) in [5.41, 5.74) is 0. The highest BCUT2D eigenvalue weighted by molar-refractivity contribution is 5.72. The van der Waals surface area contributed by atoms with E-state index in [0.717, 1.165) is 64.2 Å². The quantitative estimate of drug-likeness (QED) is 0.0280. The summed E-state index contributed by atoms with van der Waals surface area (Å²) in [5, 5.41) is 9.68. The standard InChI is InChI=1S/C61H111NO7/c1-6-8-10-12-14-16-18-20-22-24-26-28-30-32-34-36-38-40-42-44-46-48-50-52-60(64)69-57(55-67-54-53-58(61(65)66)62(3,4)5)56-68-59(63)51-49-47-45-43-41-39-37-35-33-31-29-27-25-23-21-19-17-15-13-11-9-7-2/h8,10,14,16,20,22,26,28,57-58H,6-7,9,11-13,15,17-19,21,23-25,27,29-56H2,1-5H3/p+1/b10-8+,16-14+,22-20+,28-26+. The minimum Gasteiger partial charge on any atom is -0.477 e. The lowest BCUT2D eigenvalue weighted by Gasteiger charge is -2.31. The molecule has 0 rings (SSSR count). The average Bonchev–Trinajstić information content (AvgIpc) is 3.31. The predicted octanol–water partition coefficient (Wildman–Crippen LogP) is 17.5. The first-order chi connectivity index (χ1) is 33.6. The van der Waals surface area contributed by atoms with Crippen molar-refractivity contribution in [3.63, 3.8) is 0 Å². The second-order valence-electron chi connectivity index (χ2n) is 20.9. The minimum absolute atomic E-state index is 0.0496. The molecule has 0 aromatic rings. The Morgan fingerprint density at radius 1 is 0.449 bits per heavy atom. The van der Waals surface area contributed by atoms with E-state index in [0.29, 0.717) is 19.3 Å². The van der Waals surface area contributed by atoms with E-state index in [1.54, 1.807) is 0 Å². The highest BCUT2D eigenvalue weighted by Crippen LogP contribution is 2.17. The summed E-state index contributed by atoms with van der Waals surface area (Å²) >= 11 is 0. The normalized spacial score (nSPS) is 13.1. The molecule has 2 unspecified atom stereocenters. The molecule has 0 heterocycles. The van der Waals surface area contributed by atoms with Crippen LogP contribution in [0.1, 0.15) is 271 Å². The zero-order valence-electron chi connectivity index (χ0n) is 46.0. The molecule has 0 spiro atoms. The van der Waals surface area contributed by atoms with E-state index in [9.17, 15) is 19.5 Å². The van der Waals surface area contributed by atoms with Gasteiger partial charge in [-0.1, -0.05) is 249 Å². The second kappa shape index (κ2) is 51.6. The minimum atomic E-state index is -0.873. The maximum absolute atomic E-state index is 12.8. The van der Waals surface area contributed by atoms with Crippen molar-refractivity contribution >= 4 is 17.9 Å². The van der Waals surface area contributed by atoms with E-state index in [-0.39, 0.29) is 36.2 Å². The third-order valence-electron chi connectivity index (χ3n) is 13.2. The molecule has 8 heteroatoms. The van der Waals surface area contributed by atoms with Crippen LogP contribution in [0.25, 0.3) is 0 Å². The van der Waals surface area contributed by atoms with Crippen LogP contribution in [0.3, 0.4) is 0 Å². The van der Waals surface area contributed by atoms with Crippen LogP contribution in [0, 0.1) is 0 Å². The van der Waals surface area contributed by atoms with Crippen molar-refractivity contribution in [1.82, 2.24) is 0 Å². The van der Waals surface area contributed by atoms with Gasteiger partial charge in [0.2, 0.25) is 0 Å². The molecular formula is C61H112NO7+. The summed E-state index contributed by atoms with van der Waals surface area (Å²) in [6.07, 6.45) is 64.6. The first-order valence-electron chi connectivity index (χ1n) is 29.2. The van der Waals surface area contributed by atoms with Crippen LogP contribution in [-0.2, 0) is 28.6 Å². The topological polar surface area (TPSA) is 99.1 Å². The molecule has 0 aliphatic carbocycles. The summed E-state index contributed by atoms with van der Waals surface area (Å²) in [6, 6.07) is -0.616. The van der Waals surface area contributed by atoms with Crippen molar-refractivity contribution in [3.05, 3.63) is 48.6 Å². The van der Waals surface area contributed by atoms with E-state index < -0.39 is 18.1 Å². The Hall–Kier alpha value is -2.71. The number of aliphatic carboxylic acids is 1. The lowest BCUT2D eigenvalue weighted by molar-refractivity contribution is -0.887. The van der Waals surface area contributed by atoms with E-state index in [1.165, 1.54) is 173 Å². The number of allylic oxidation sites excluding steroid dienone is 8. The number of ether oxygens (including phenoxy) is 3. The molecule has 1 N–H and O–H groups in total. The largest absolute Gasteiger partial charge is 0.477 e. The number of hydrogen-bond donors (Lipinski definition) is 1.